The van der Waals surface area contributed by atoms with Gasteiger partial charge in [0.05, 0.1) is 14.2 Å². The van der Waals surface area contributed by atoms with E-state index in [4.69, 9.17) is 14.2 Å². The Morgan fingerprint density at radius 2 is 1.52 bits per heavy atom. The molecule has 0 heterocycles. The van der Waals surface area contributed by atoms with E-state index < -0.39 is 0 Å². The first-order valence-corrected chi connectivity index (χ1v) is 9.00. The summed E-state index contributed by atoms with van der Waals surface area (Å²) in [6.45, 7) is 5.25. The predicted octanol–water partition coefficient (Wildman–Crippen LogP) is 3.50. The van der Waals surface area contributed by atoms with Crippen LogP contribution in [0.4, 0.5) is 0 Å². The van der Waals surface area contributed by atoms with E-state index in [1.54, 1.807) is 32.4 Å². The van der Waals surface area contributed by atoms with Crippen molar-refractivity contribution in [1.82, 2.24) is 10.6 Å². The average molecular weight is 372 g/mol. The molecular formula is C21H28N2O4. The average Bonchev–Trinajstić information content (AvgIpc) is 2.65. The molecule has 2 rings (SSSR count). The van der Waals surface area contributed by atoms with Crippen LogP contribution < -0.4 is 24.8 Å². The lowest BCUT2D eigenvalue weighted by molar-refractivity contribution is -0.121. The quantitative estimate of drug-likeness (QED) is 0.625. The van der Waals surface area contributed by atoms with Gasteiger partial charge in [0.1, 0.15) is 23.0 Å². The van der Waals surface area contributed by atoms with E-state index in [1.165, 1.54) is 0 Å². The van der Waals surface area contributed by atoms with E-state index in [1.807, 2.05) is 38.1 Å². The molecule has 0 unspecified atom stereocenters. The molecule has 0 aliphatic rings. The number of benzene rings is 2. The molecule has 2 aromatic carbocycles. The van der Waals surface area contributed by atoms with Gasteiger partial charge in [-0.2, -0.15) is 0 Å². The van der Waals surface area contributed by atoms with Crippen molar-refractivity contribution in [1.29, 1.82) is 0 Å². The van der Waals surface area contributed by atoms with Gasteiger partial charge in [0.15, 0.2) is 0 Å². The summed E-state index contributed by atoms with van der Waals surface area (Å²) in [5.41, 5.74) is 1.12. The molecule has 0 spiro atoms. The molecular weight excluding hydrogens is 344 g/mol. The molecule has 2 aromatic rings. The Morgan fingerprint density at radius 3 is 2.07 bits per heavy atom. The van der Waals surface area contributed by atoms with Crippen LogP contribution in [0.2, 0.25) is 0 Å². The molecule has 146 valence electrons. The Bertz CT molecular complexity index is 707. The minimum atomic E-state index is 0.0648. The summed E-state index contributed by atoms with van der Waals surface area (Å²) in [4.78, 5) is 11.6. The monoisotopic (exact) mass is 372 g/mol. The number of ether oxygens (including phenoxy) is 3. The van der Waals surface area contributed by atoms with Gasteiger partial charge in [-0.05, 0) is 31.5 Å². The Morgan fingerprint density at radius 1 is 0.926 bits per heavy atom. The highest BCUT2D eigenvalue weighted by atomic mass is 16.5. The summed E-state index contributed by atoms with van der Waals surface area (Å²) in [7, 11) is 3.21. The lowest BCUT2D eigenvalue weighted by Crippen LogP contribution is -2.32. The van der Waals surface area contributed by atoms with Crippen LogP contribution in [-0.2, 0) is 11.3 Å². The van der Waals surface area contributed by atoms with Crippen LogP contribution in [0.25, 0.3) is 0 Å². The maximum absolute atomic E-state index is 11.6. The van der Waals surface area contributed by atoms with E-state index >= 15 is 0 Å². The number of hydrogen-bond acceptors (Lipinski definition) is 5. The van der Waals surface area contributed by atoms with Crippen LogP contribution in [0.15, 0.2) is 42.5 Å². The summed E-state index contributed by atoms with van der Waals surface area (Å²) in [6.07, 6.45) is 0.469. The molecule has 0 radical (unpaired) electrons. The van der Waals surface area contributed by atoms with Crippen molar-refractivity contribution < 1.29 is 19.0 Å². The molecule has 0 aromatic heterocycles. The first-order valence-electron chi connectivity index (χ1n) is 9.00. The molecule has 0 saturated heterocycles. The molecule has 0 saturated carbocycles. The summed E-state index contributed by atoms with van der Waals surface area (Å²) in [5, 5.41) is 6.15. The fourth-order valence-corrected chi connectivity index (χ4v) is 2.48. The highest BCUT2D eigenvalue weighted by molar-refractivity contribution is 5.76. The molecule has 2 N–H and O–H groups in total. The zero-order chi connectivity index (χ0) is 19.6. The standard InChI is InChI=1S/C21H28N2O4/c1-15(2)23-21(24)9-10-22-14-16-5-7-17(8-6-16)27-20-12-18(25-3)11-19(13-20)26-4/h5-8,11-13,15,22H,9-10,14H2,1-4H3,(H,23,24). The van der Waals surface area contributed by atoms with Gasteiger partial charge >= 0.3 is 0 Å². The minimum Gasteiger partial charge on any atom is -0.496 e. The van der Waals surface area contributed by atoms with Crippen molar-refractivity contribution in [2.45, 2.75) is 32.9 Å². The first-order chi connectivity index (χ1) is 13.0. The number of carbonyl (C=O) groups is 1. The largest absolute Gasteiger partial charge is 0.496 e. The smallest absolute Gasteiger partial charge is 0.221 e. The van der Waals surface area contributed by atoms with Crippen molar-refractivity contribution in [2.24, 2.45) is 0 Å². The van der Waals surface area contributed by atoms with Gasteiger partial charge in [-0.25, -0.2) is 0 Å². The fourth-order valence-electron chi connectivity index (χ4n) is 2.48. The second kappa shape index (κ2) is 10.4. The summed E-state index contributed by atoms with van der Waals surface area (Å²) in [5.74, 6) is 2.78. The third-order valence-electron chi connectivity index (χ3n) is 3.79. The molecule has 6 heteroatoms. The molecule has 0 aliphatic heterocycles. The van der Waals surface area contributed by atoms with Gasteiger partial charge in [-0.3, -0.25) is 4.79 Å². The molecule has 0 atom stereocenters. The molecule has 0 fully saturated rings. The third kappa shape index (κ3) is 7.19. The summed E-state index contributed by atoms with van der Waals surface area (Å²) >= 11 is 0. The van der Waals surface area contributed by atoms with Crippen LogP contribution in [-0.4, -0.2) is 32.7 Å². The number of rotatable bonds is 10. The number of carbonyl (C=O) groups excluding carboxylic acids is 1. The van der Waals surface area contributed by atoms with Gasteiger partial charge < -0.3 is 24.8 Å². The Labute approximate surface area is 160 Å². The third-order valence-corrected chi connectivity index (χ3v) is 3.79. The zero-order valence-electron chi connectivity index (χ0n) is 16.4. The lowest BCUT2D eigenvalue weighted by atomic mass is 10.2. The van der Waals surface area contributed by atoms with Crippen LogP contribution >= 0.6 is 0 Å². The normalized spacial score (nSPS) is 10.6. The Balaban J connectivity index is 1.84. The maximum Gasteiger partial charge on any atom is 0.221 e. The zero-order valence-corrected chi connectivity index (χ0v) is 16.4. The molecule has 0 bridgehead atoms. The lowest BCUT2D eigenvalue weighted by Gasteiger charge is -2.11. The summed E-state index contributed by atoms with van der Waals surface area (Å²) < 4.78 is 16.4. The van der Waals surface area contributed by atoms with Crippen LogP contribution in [0.1, 0.15) is 25.8 Å². The maximum atomic E-state index is 11.6. The highest BCUT2D eigenvalue weighted by Gasteiger charge is 2.05. The number of amides is 1. The van der Waals surface area contributed by atoms with Gasteiger partial charge in [0.25, 0.3) is 0 Å². The Kier molecular flexibility index (Phi) is 7.95. The van der Waals surface area contributed by atoms with E-state index in [2.05, 4.69) is 10.6 Å². The SMILES string of the molecule is COc1cc(OC)cc(Oc2ccc(CNCCC(=O)NC(C)C)cc2)c1. The minimum absolute atomic E-state index is 0.0648. The van der Waals surface area contributed by atoms with E-state index in [-0.39, 0.29) is 11.9 Å². The Hall–Kier alpha value is -2.73. The van der Waals surface area contributed by atoms with Gasteiger partial charge in [-0.1, -0.05) is 12.1 Å². The van der Waals surface area contributed by atoms with Crippen LogP contribution in [0.3, 0.4) is 0 Å². The van der Waals surface area contributed by atoms with Crippen LogP contribution in [0, 0.1) is 0 Å². The van der Waals surface area contributed by atoms with Crippen molar-refractivity contribution >= 4 is 5.91 Å². The highest BCUT2D eigenvalue weighted by Crippen LogP contribution is 2.30. The van der Waals surface area contributed by atoms with E-state index in [0.717, 1.165) is 11.3 Å². The second-order valence-corrected chi connectivity index (χ2v) is 6.44. The molecule has 1 amide bonds. The predicted molar refractivity (Wildman–Crippen MR) is 106 cm³/mol. The number of hydrogen-bond donors (Lipinski definition) is 2. The molecule has 27 heavy (non-hydrogen) atoms. The van der Waals surface area contributed by atoms with Gasteiger partial charge in [0.2, 0.25) is 5.91 Å². The van der Waals surface area contributed by atoms with Gasteiger partial charge in [0, 0.05) is 43.8 Å². The molecule has 6 nitrogen and oxygen atoms in total. The van der Waals surface area contributed by atoms with E-state index in [0.29, 0.717) is 36.8 Å². The first kappa shape index (κ1) is 20.6. The number of methoxy groups -OCH3 is 2. The van der Waals surface area contributed by atoms with Crippen molar-refractivity contribution in [2.75, 3.05) is 20.8 Å². The second-order valence-electron chi connectivity index (χ2n) is 6.44. The fraction of sp³-hybridized carbons (Fsp3) is 0.381. The van der Waals surface area contributed by atoms with Crippen molar-refractivity contribution in [3.05, 3.63) is 48.0 Å². The van der Waals surface area contributed by atoms with E-state index in [9.17, 15) is 4.79 Å². The van der Waals surface area contributed by atoms with Gasteiger partial charge in [-0.15, -0.1) is 0 Å². The van der Waals surface area contributed by atoms with Crippen molar-refractivity contribution in [3.63, 3.8) is 0 Å². The molecule has 0 aliphatic carbocycles. The summed E-state index contributed by atoms with van der Waals surface area (Å²) in [6, 6.07) is 13.4. The van der Waals surface area contributed by atoms with Crippen LogP contribution in [0.5, 0.6) is 23.0 Å². The van der Waals surface area contributed by atoms with Crippen molar-refractivity contribution in [3.8, 4) is 23.0 Å². The topological polar surface area (TPSA) is 68.8 Å². The number of nitrogens with one attached hydrogen (secondary N) is 2.